The van der Waals surface area contributed by atoms with E-state index in [9.17, 15) is 0 Å². The molecule has 3 rings (SSSR count). The maximum Gasteiger partial charge on any atom is 0.0491 e. The molecule has 3 heteroatoms. The first-order valence-electron chi connectivity index (χ1n) is 8.10. The van der Waals surface area contributed by atoms with E-state index in [1.807, 2.05) is 7.11 Å². The molecule has 116 valence electrons. The molecule has 1 aromatic carbocycles. The number of benzene rings is 1. The summed E-state index contributed by atoms with van der Waals surface area (Å²) in [5, 5.41) is 0. The molecular weight excluding hydrogens is 260 g/mol. The van der Waals surface area contributed by atoms with Crippen molar-refractivity contribution in [2.24, 2.45) is 5.92 Å². The zero-order chi connectivity index (χ0) is 14.9. The van der Waals surface area contributed by atoms with Crippen LogP contribution in [0, 0.1) is 12.8 Å². The Morgan fingerprint density at radius 2 is 2.05 bits per heavy atom. The van der Waals surface area contributed by atoms with Crippen LogP contribution in [-0.2, 0) is 11.3 Å². The molecule has 2 heterocycles. The van der Waals surface area contributed by atoms with Gasteiger partial charge in [-0.15, -0.1) is 0 Å². The van der Waals surface area contributed by atoms with Gasteiger partial charge in [0.25, 0.3) is 0 Å². The Kier molecular flexibility index (Phi) is 4.34. The van der Waals surface area contributed by atoms with Crippen LogP contribution < -0.4 is 0 Å². The Labute approximate surface area is 128 Å². The minimum atomic E-state index is 0.407. The second kappa shape index (κ2) is 6.07. The fourth-order valence-electron chi connectivity index (χ4n) is 4.08. The van der Waals surface area contributed by atoms with Gasteiger partial charge in [0.2, 0.25) is 0 Å². The van der Waals surface area contributed by atoms with Crippen molar-refractivity contribution < 1.29 is 4.74 Å². The standard InChI is InChI=1S/C18H28N2O/c1-15-6-4-5-7-17(15)11-20-13-18(14-20)10-16(12-21-3)8-9-19(18)2/h4-7,16H,8-14H2,1-3H3/t16-/m0/s1. The van der Waals surface area contributed by atoms with Crippen LogP contribution >= 0.6 is 0 Å². The van der Waals surface area contributed by atoms with Crippen molar-refractivity contribution in [1.29, 1.82) is 0 Å². The molecule has 21 heavy (non-hydrogen) atoms. The molecule has 0 N–H and O–H groups in total. The van der Waals surface area contributed by atoms with Crippen molar-refractivity contribution in [3.8, 4) is 0 Å². The molecule has 0 unspecified atom stereocenters. The molecule has 2 fully saturated rings. The molecule has 1 spiro atoms. The zero-order valence-corrected chi connectivity index (χ0v) is 13.6. The second-order valence-electron chi connectivity index (χ2n) is 7.03. The van der Waals surface area contributed by atoms with E-state index in [1.54, 1.807) is 0 Å². The molecule has 0 aliphatic carbocycles. The summed E-state index contributed by atoms with van der Waals surface area (Å²) >= 11 is 0. The predicted molar refractivity (Wildman–Crippen MR) is 86.4 cm³/mol. The molecule has 0 amide bonds. The SMILES string of the molecule is COC[C@H]1CCN(C)C2(C1)CN(Cc1ccccc1C)C2. The Morgan fingerprint density at radius 1 is 1.29 bits per heavy atom. The van der Waals surface area contributed by atoms with Gasteiger partial charge < -0.3 is 4.74 Å². The van der Waals surface area contributed by atoms with Gasteiger partial charge in [-0.05, 0) is 50.4 Å². The average molecular weight is 288 g/mol. The van der Waals surface area contributed by atoms with Gasteiger partial charge in [-0.2, -0.15) is 0 Å². The Hall–Kier alpha value is -0.900. The van der Waals surface area contributed by atoms with E-state index >= 15 is 0 Å². The number of piperidine rings is 1. The molecule has 0 radical (unpaired) electrons. The van der Waals surface area contributed by atoms with Crippen LogP contribution in [-0.4, -0.2) is 55.7 Å². The third-order valence-electron chi connectivity index (χ3n) is 5.44. The molecule has 2 aliphatic heterocycles. The maximum absolute atomic E-state index is 5.38. The first kappa shape index (κ1) is 15.0. The number of methoxy groups -OCH3 is 1. The van der Waals surface area contributed by atoms with Crippen LogP contribution in [0.4, 0.5) is 0 Å². The lowest BCUT2D eigenvalue weighted by Crippen LogP contribution is -2.71. The Bertz CT molecular complexity index is 482. The summed E-state index contributed by atoms with van der Waals surface area (Å²) in [7, 11) is 4.13. The molecule has 0 bridgehead atoms. The van der Waals surface area contributed by atoms with Gasteiger partial charge in [0.1, 0.15) is 0 Å². The van der Waals surface area contributed by atoms with E-state index in [1.165, 1.54) is 43.6 Å². The van der Waals surface area contributed by atoms with E-state index in [-0.39, 0.29) is 0 Å². The smallest absolute Gasteiger partial charge is 0.0491 e. The van der Waals surface area contributed by atoms with Crippen LogP contribution in [0.25, 0.3) is 0 Å². The first-order chi connectivity index (χ1) is 10.1. The molecule has 3 nitrogen and oxygen atoms in total. The largest absolute Gasteiger partial charge is 0.384 e. The van der Waals surface area contributed by atoms with E-state index in [0.29, 0.717) is 5.54 Å². The Balaban J connectivity index is 1.59. The van der Waals surface area contributed by atoms with Gasteiger partial charge >= 0.3 is 0 Å². The lowest BCUT2D eigenvalue weighted by molar-refractivity contribution is -0.0905. The normalized spacial score (nSPS) is 26.0. The summed E-state index contributed by atoms with van der Waals surface area (Å²) < 4.78 is 5.38. The molecule has 0 aromatic heterocycles. The fraction of sp³-hybridized carbons (Fsp3) is 0.667. The number of hydrogen-bond donors (Lipinski definition) is 0. The molecule has 1 aromatic rings. The summed E-state index contributed by atoms with van der Waals surface area (Å²) in [5.41, 5.74) is 3.29. The van der Waals surface area contributed by atoms with Crippen molar-refractivity contribution in [2.45, 2.75) is 31.8 Å². The van der Waals surface area contributed by atoms with Crippen molar-refractivity contribution in [1.82, 2.24) is 9.80 Å². The third-order valence-corrected chi connectivity index (χ3v) is 5.44. The third kappa shape index (κ3) is 3.01. The predicted octanol–water partition coefficient (Wildman–Crippen LogP) is 2.54. The van der Waals surface area contributed by atoms with Crippen LogP contribution in [0.3, 0.4) is 0 Å². The average Bonchev–Trinajstić information content (AvgIpc) is 2.43. The van der Waals surface area contributed by atoms with Crippen molar-refractivity contribution >= 4 is 0 Å². The topological polar surface area (TPSA) is 15.7 Å². The second-order valence-corrected chi connectivity index (χ2v) is 7.03. The van der Waals surface area contributed by atoms with Crippen LogP contribution in [0.5, 0.6) is 0 Å². The highest BCUT2D eigenvalue weighted by atomic mass is 16.5. The Morgan fingerprint density at radius 3 is 2.76 bits per heavy atom. The number of hydrogen-bond acceptors (Lipinski definition) is 3. The molecular formula is C18H28N2O. The summed E-state index contributed by atoms with van der Waals surface area (Å²) in [6.07, 6.45) is 2.57. The quantitative estimate of drug-likeness (QED) is 0.847. The van der Waals surface area contributed by atoms with Crippen molar-refractivity contribution in [3.05, 3.63) is 35.4 Å². The van der Waals surface area contributed by atoms with E-state index in [2.05, 4.69) is 48.0 Å². The van der Waals surface area contributed by atoms with E-state index < -0.39 is 0 Å². The van der Waals surface area contributed by atoms with Gasteiger partial charge in [-0.25, -0.2) is 0 Å². The summed E-state index contributed by atoms with van der Waals surface area (Å²) in [6, 6.07) is 8.75. The highest BCUT2D eigenvalue weighted by Crippen LogP contribution is 2.38. The highest BCUT2D eigenvalue weighted by Gasteiger charge is 2.49. The van der Waals surface area contributed by atoms with Gasteiger partial charge in [-0.3, -0.25) is 9.80 Å². The van der Waals surface area contributed by atoms with Gasteiger partial charge in [0.05, 0.1) is 0 Å². The van der Waals surface area contributed by atoms with Crippen LogP contribution in [0.1, 0.15) is 24.0 Å². The summed E-state index contributed by atoms with van der Waals surface area (Å²) in [4.78, 5) is 5.18. The summed E-state index contributed by atoms with van der Waals surface area (Å²) in [5.74, 6) is 0.742. The first-order valence-corrected chi connectivity index (χ1v) is 8.10. The van der Waals surface area contributed by atoms with E-state index in [4.69, 9.17) is 4.74 Å². The highest BCUT2D eigenvalue weighted by molar-refractivity contribution is 5.26. The molecule has 1 atom stereocenters. The lowest BCUT2D eigenvalue weighted by Gasteiger charge is -2.59. The van der Waals surface area contributed by atoms with Crippen molar-refractivity contribution in [3.63, 3.8) is 0 Å². The van der Waals surface area contributed by atoms with Gasteiger partial charge in [0.15, 0.2) is 0 Å². The molecule has 0 saturated carbocycles. The van der Waals surface area contributed by atoms with Crippen molar-refractivity contribution in [2.75, 3.05) is 40.4 Å². The minimum absolute atomic E-state index is 0.407. The van der Waals surface area contributed by atoms with E-state index in [0.717, 1.165) is 19.1 Å². The van der Waals surface area contributed by atoms with Crippen LogP contribution in [0.2, 0.25) is 0 Å². The van der Waals surface area contributed by atoms with Gasteiger partial charge in [-0.1, -0.05) is 24.3 Å². The zero-order valence-electron chi connectivity index (χ0n) is 13.6. The monoisotopic (exact) mass is 288 g/mol. The summed E-state index contributed by atoms with van der Waals surface area (Å²) in [6.45, 7) is 7.86. The van der Waals surface area contributed by atoms with Gasteiger partial charge in [0, 0.05) is 38.9 Å². The number of aryl methyl sites for hydroxylation is 1. The minimum Gasteiger partial charge on any atom is -0.384 e. The number of nitrogens with zero attached hydrogens (tertiary/aromatic N) is 2. The number of likely N-dealkylation sites (tertiary alicyclic amines) is 2. The fourth-order valence-corrected chi connectivity index (χ4v) is 4.08. The lowest BCUT2D eigenvalue weighted by atomic mass is 9.75. The van der Waals surface area contributed by atoms with Crippen LogP contribution in [0.15, 0.2) is 24.3 Å². The molecule has 2 saturated heterocycles. The number of likely N-dealkylation sites (N-methyl/N-ethyl adjacent to an activating group) is 1. The number of ether oxygens (including phenoxy) is 1. The number of rotatable bonds is 4. The maximum atomic E-state index is 5.38. The molecule has 2 aliphatic rings.